The second kappa shape index (κ2) is 4.93. The topological polar surface area (TPSA) is 75.4 Å². The van der Waals surface area contributed by atoms with Gasteiger partial charge in [-0.05, 0) is 49.9 Å². The third kappa shape index (κ3) is 2.27. The molecule has 1 aromatic rings. The molecule has 0 bridgehead atoms. The first-order valence-corrected chi connectivity index (χ1v) is 8.57. The Morgan fingerprint density at radius 1 is 1.25 bits per heavy atom. The first-order valence-electron chi connectivity index (χ1n) is 7.09. The Morgan fingerprint density at radius 3 is 2.45 bits per heavy atom. The summed E-state index contributed by atoms with van der Waals surface area (Å²) in [5.41, 5.74) is 7.58. The molecule has 0 aromatic heterocycles. The van der Waals surface area contributed by atoms with Crippen molar-refractivity contribution in [3.63, 3.8) is 0 Å². The molecule has 0 radical (unpaired) electrons. The lowest BCUT2D eigenvalue weighted by molar-refractivity contribution is 0.494. The number of fused-ring (bicyclic) bond motifs is 1. The summed E-state index contributed by atoms with van der Waals surface area (Å²) >= 11 is 0. The minimum atomic E-state index is -3.42. The number of hydrogen-bond donors (Lipinski definition) is 2. The van der Waals surface area contributed by atoms with Gasteiger partial charge < -0.3 is 10.6 Å². The van der Waals surface area contributed by atoms with Gasteiger partial charge in [0.05, 0.1) is 16.3 Å². The molecule has 2 fully saturated rings. The standard InChI is InChI=1S/C14H21N3O2S/c1-16-20(18,19)12-5-6-14(13(15)7-12)17-8-10-3-2-4-11(10)9-17/h5-7,10-11,16H,2-4,8-9,15H2,1H3. The summed E-state index contributed by atoms with van der Waals surface area (Å²) in [7, 11) is -2.02. The molecule has 6 heteroatoms. The van der Waals surface area contributed by atoms with Crippen LogP contribution < -0.4 is 15.4 Å². The van der Waals surface area contributed by atoms with Gasteiger partial charge in [-0.2, -0.15) is 0 Å². The van der Waals surface area contributed by atoms with Crippen molar-refractivity contribution in [3.8, 4) is 0 Å². The highest BCUT2D eigenvalue weighted by Gasteiger charge is 2.36. The molecule has 0 amide bonds. The monoisotopic (exact) mass is 295 g/mol. The third-order valence-electron chi connectivity index (χ3n) is 4.65. The van der Waals surface area contributed by atoms with Gasteiger partial charge in [0.15, 0.2) is 0 Å². The summed E-state index contributed by atoms with van der Waals surface area (Å²) < 4.78 is 25.8. The van der Waals surface area contributed by atoms with E-state index >= 15 is 0 Å². The largest absolute Gasteiger partial charge is 0.397 e. The van der Waals surface area contributed by atoms with Crippen molar-refractivity contribution in [2.45, 2.75) is 24.2 Å². The molecule has 110 valence electrons. The molecule has 2 atom stereocenters. The molecule has 1 aliphatic heterocycles. The van der Waals surface area contributed by atoms with Crippen LogP contribution in [-0.4, -0.2) is 28.6 Å². The van der Waals surface area contributed by atoms with Crippen molar-refractivity contribution in [3.05, 3.63) is 18.2 Å². The number of hydrogen-bond acceptors (Lipinski definition) is 4. The van der Waals surface area contributed by atoms with E-state index in [-0.39, 0.29) is 4.90 Å². The van der Waals surface area contributed by atoms with Crippen LogP contribution in [0.25, 0.3) is 0 Å². The minimum absolute atomic E-state index is 0.223. The molecule has 5 nitrogen and oxygen atoms in total. The van der Waals surface area contributed by atoms with E-state index in [1.54, 1.807) is 12.1 Å². The number of nitrogens with zero attached hydrogens (tertiary/aromatic N) is 1. The lowest BCUT2D eigenvalue weighted by Crippen LogP contribution is -2.23. The lowest BCUT2D eigenvalue weighted by Gasteiger charge is -2.22. The van der Waals surface area contributed by atoms with Crippen molar-refractivity contribution in [1.29, 1.82) is 0 Å². The van der Waals surface area contributed by atoms with Gasteiger partial charge in [0.25, 0.3) is 0 Å². The number of nitrogen functional groups attached to an aromatic ring is 1. The zero-order valence-electron chi connectivity index (χ0n) is 11.7. The molecule has 3 N–H and O–H groups in total. The summed E-state index contributed by atoms with van der Waals surface area (Å²) in [4.78, 5) is 2.53. The molecule has 1 heterocycles. The zero-order chi connectivity index (χ0) is 14.3. The van der Waals surface area contributed by atoms with Gasteiger partial charge in [0, 0.05) is 13.1 Å². The summed E-state index contributed by atoms with van der Waals surface area (Å²) in [6, 6.07) is 5.02. The fraction of sp³-hybridized carbons (Fsp3) is 0.571. The first kappa shape index (κ1) is 13.7. The molecular formula is C14H21N3O2S. The van der Waals surface area contributed by atoms with Crippen LogP contribution in [0.5, 0.6) is 0 Å². The Hall–Kier alpha value is -1.27. The van der Waals surface area contributed by atoms with Crippen LogP contribution in [0.3, 0.4) is 0 Å². The normalized spacial score (nSPS) is 25.9. The Morgan fingerprint density at radius 2 is 1.90 bits per heavy atom. The highest BCUT2D eigenvalue weighted by molar-refractivity contribution is 7.89. The van der Waals surface area contributed by atoms with E-state index in [0.717, 1.165) is 30.6 Å². The Balaban J connectivity index is 1.85. The maximum atomic E-state index is 11.8. The van der Waals surface area contributed by atoms with Gasteiger partial charge >= 0.3 is 0 Å². The van der Waals surface area contributed by atoms with Gasteiger partial charge in [-0.15, -0.1) is 0 Å². The van der Waals surface area contributed by atoms with Crippen molar-refractivity contribution in [2.75, 3.05) is 30.8 Å². The van der Waals surface area contributed by atoms with Crippen molar-refractivity contribution in [2.24, 2.45) is 11.8 Å². The molecule has 1 aliphatic carbocycles. The van der Waals surface area contributed by atoms with Gasteiger partial charge in [-0.25, -0.2) is 13.1 Å². The van der Waals surface area contributed by atoms with E-state index < -0.39 is 10.0 Å². The van der Waals surface area contributed by atoms with Crippen LogP contribution in [0, 0.1) is 11.8 Å². The van der Waals surface area contributed by atoms with Crippen LogP contribution >= 0.6 is 0 Å². The van der Waals surface area contributed by atoms with Crippen LogP contribution in [0.1, 0.15) is 19.3 Å². The zero-order valence-corrected chi connectivity index (χ0v) is 12.5. The minimum Gasteiger partial charge on any atom is -0.397 e. The van der Waals surface area contributed by atoms with E-state index in [0.29, 0.717) is 5.69 Å². The molecule has 1 saturated carbocycles. The fourth-order valence-corrected chi connectivity index (χ4v) is 4.30. The average Bonchev–Trinajstić information content (AvgIpc) is 2.99. The SMILES string of the molecule is CNS(=O)(=O)c1ccc(N2CC3CCCC3C2)c(N)c1. The third-order valence-corrected chi connectivity index (χ3v) is 6.06. The van der Waals surface area contributed by atoms with Crippen LogP contribution in [0.2, 0.25) is 0 Å². The maximum absolute atomic E-state index is 11.8. The quantitative estimate of drug-likeness (QED) is 0.827. The summed E-state index contributed by atoms with van der Waals surface area (Å²) in [5.74, 6) is 1.57. The first-order chi connectivity index (χ1) is 9.51. The van der Waals surface area contributed by atoms with Crippen molar-refractivity contribution >= 4 is 21.4 Å². The smallest absolute Gasteiger partial charge is 0.240 e. The van der Waals surface area contributed by atoms with Gasteiger partial charge in [0.1, 0.15) is 0 Å². The molecule has 2 unspecified atom stereocenters. The van der Waals surface area contributed by atoms with E-state index in [9.17, 15) is 8.42 Å². The van der Waals surface area contributed by atoms with Gasteiger partial charge in [0.2, 0.25) is 10.0 Å². The Labute approximate surface area is 120 Å². The maximum Gasteiger partial charge on any atom is 0.240 e. The molecule has 3 rings (SSSR count). The molecule has 20 heavy (non-hydrogen) atoms. The van der Waals surface area contributed by atoms with E-state index in [2.05, 4.69) is 9.62 Å². The number of anilines is 2. The predicted molar refractivity (Wildman–Crippen MR) is 80.1 cm³/mol. The molecule has 1 saturated heterocycles. The number of sulfonamides is 1. The van der Waals surface area contributed by atoms with Gasteiger partial charge in [-0.1, -0.05) is 6.42 Å². The lowest BCUT2D eigenvalue weighted by atomic mass is 10.0. The van der Waals surface area contributed by atoms with Crippen LogP contribution in [-0.2, 0) is 10.0 Å². The number of nitrogens with two attached hydrogens (primary N) is 1. The predicted octanol–water partition coefficient (Wildman–Crippen LogP) is 1.41. The van der Waals surface area contributed by atoms with Crippen molar-refractivity contribution in [1.82, 2.24) is 4.72 Å². The molecule has 2 aliphatic rings. The van der Waals surface area contributed by atoms with E-state index in [1.807, 2.05) is 6.07 Å². The number of nitrogens with one attached hydrogen (secondary N) is 1. The second-order valence-electron chi connectivity index (χ2n) is 5.78. The number of benzene rings is 1. The molecule has 1 aromatic carbocycles. The van der Waals surface area contributed by atoms with Crippen LogP contribution in [0.15, 0.2) is 23.1 Å². The van der Waals surface area contributed by atoms with E-state index in [4.69, 9.17) is 5.73 Å². The van der Waals surface area contributed by atoms with Crippen LogP contribution in [0.4, 0.5) is 11.4 Å². The average molecular weight is 295 g/mol. The molecular weight excluding hydrogens is 274 g/mol. The Bertz CT molecular complexity index is 603. The second-order valence-corrected chi connectivity index (χ2v) is 7.67. The summed E-state index contributed by atoms with van der Waals surface area (Å²) in [5, 5.41) is 0. The summed E-state index contributed by atoms with van der Waals surface area (Å²) in [6.07, 6.45) is 3.97. The van der Waals surface area contributed by atoms with Crippen molar-refractivity contribution < 1.29 is 8.42 Å². The van der Waals surface area contributed by atoms with E-state index in [1.165, 1.54) is 26.3 Å². The fourth-order valence-electron chi connectivity index (χ4n) is 3.54. The highest BCUT2D eigenvalue weighted by atomic mass is 32.2. The van der Waals surface area contributed by atoms with Gasteiger partial charge in [-0.3, -0.25) is 0 Å². The highest BCUT2D eigenvalue weighted by Crippen LogP contribution is 2.41. The summed E-state index contributed by atoms with van der Waals surface area (Å²) in [6.45, 7) is 2.10. The molecule has 0 spiro atoms. The number of rotatable bonds is 3. The Kier molecular flexibility index (Phi) is 3.38.